The van der Waals surface area contributed by atoms with E-state index in [0.29, 0.717) is 6.54 Å². The third-order valence-corrected chi connectivity index (χ3v) is 7.42. The van der Waals surface area contributed by atoms with Gasteiger partial charge in [-0.1, -0.05) is 11.6 Å². The summed E-state index contributed by atoms with van der Waals surface area (Å²) in [6.07, 6.45) is 9.28. The molecular weight excluding hydrogens is 380 g/mol. The number of likely N-dealkylation sites (tertiary alicyclic amines) is 1. The normalized spacial score (nSPS) is 39.3. The Kier molecular flexibility index (Phi) is 6.40. The van der Waals surface area contributed by atoms with Crippen molar-refractivity contribution in [2.75, 3.05) is 39.9 Å². The van der Waals surface area contributed by atoms with Gasteiger partial charge in [0.1, 0.15) is 11.2 Å². The molecule has 0 bridgehead atoms. The van der Waals surface area contributed by atoms with Crippen LogP contribution in [0.25, 0.3) is 0 Å². The molecule has 0 aromatic carbocycles. The third-order valence-electron chi connectivity index (χ3n) is 7.42. The van der Waals surface area contributed by atoms with Crippen LogP contribution < -0.4 is 5.32 Å². The van der Waals surface area contributed by atoms with E-state index in [4.69, 9.17) is 14.2 Å². The summed E-state index contributed by atoms with van der Waals surface area (Å²) in [7, 11) is 1.75. The molecule has 1 N–H and O–H groups in total. The number of methoxy groups -OCH3 is 1. The Labute approximate surface area is 181 Å². The fourth-order valence-electron chi connectivity index (χ4n) is 5.56. The zero-order valence-electron chi connectivity index (χ0n) is 19.0. The molecule has 5 atom stereocenters. The zero-order chi connectivity index (χ0) is 21.4. The number of ether oxygens (including phenoxy) is 3. The van der Waals surface area contributed by atoms with Crippen molar-refractivity contribution < 1.29 is 19.0 Å². The molecule has 1 aliphatic carbocycles. The first-order valence-corrected chi connectivity index (χ1v) is 11.6. The van der Waals surface area contributed by atoms with Gasteiger partial charge in [0.25, 0.3) is 0 Å². The van der Waals surface area contributed by atoms with Crippen molar-refractivity contribution in [2.45, 2.75) is 76.3 Å². The highest BCUT2D eigenvalue weighted by Gasteiger charge is 2.71. The quantitative estimate of drug-likeness (QED) is 0.373. The highest BCUT2D eigenvalue weighted by atomic mass is 16.6. The maximum atomic E-state index is 12.6. The fourth-order valence-corrected chi connectivity index (χ4v) is 5.56. The average Bonchev–Trinajstić information content (AvgIpc) is 3.55. The third kappa shape index (κ3) is 4.52. The molecule has 3 heterocycles. The molecule has 0 radical (unpaired) electrons. The summed E-state index contributed by atoms with van der Waals surface area (Å²) in [4.78, 5) is 15.0. The van der Waals surface area contributed by atoms with Crippen LogP contribution in [-0.4, -0.2) is 74.1 Å². The van der Waals surface area contributed by atoms with Gasteiger partial charge in [0, 0.05) is 26.3 Å². The molecule has 3 aliphatic heterocycles. The highest BCUT2D eigenvalue weighted by molar-refractivity contribution is 5.88. The van der Waals surface area contributed by atoms with Gasteiger partial charge >= 0.3 is 0 Å². The second-order valence-corrected chi connectivity index (χ2v) is 9.85. The average molecular weight is 419 g/mol. The van der Waals surface area contributed by atoms with E-state index in [2.05, 4.69) is 37.1 Å². The summed E-state index contributed by atoms with van der Waals surface area (Å²) < 4.78 is 18.2. The van der Waals surface area contributed by atoms with Crippen LogP contribution in [0.15, 0.2) is 23.3 Å². The van der Waals surface area contributed by atoms with E-state index in [1.807, 2.05) is 0 Å². The van der Waals surface area contributed by atoms with Crippen molar-refractivity contribution in [1.82, 2.24) is 10.2 Å². The van der Waals surface area contributed by atoms with Gasteiger partial charge in [0.15, 0.2) is 0 Å². The first-order chi connectivity index (χ1) is 14.4. The topological polar surface area (TPSA) is 66.6 Å². The molecule has 168 valence electrons. The lowest BCUT2D eigenvalue weighted by atomic mass is 9.67. The van der Waals surface area contributed by atoms with E-state index in [1.54, 1.807) is 13.2 Å². The van der Waals surface area contributed by atoms with Crippen molar-refractivity contribution in [1.29, 1.82) is 0 Å². The van der Waals surface area contributed by atoms with Gasteiger partial charge in [-0.05, 0) is 71.5 Å². The summed E-state index contributed by atoms with van der Waals surface area (Å²) >= 11 is 0. The Morgan fingerprint density at radius 3 is 2.70 bits per heavy atom. The molecule has 1 saturated carbocycles. The number of carbonyl (C=O) groups excluding carboxylic acids is 1. The summed E-state index contributed by atoms with van der Waals surface area (Å²) in [5, 5.41) is 3.07. The molecule has 1 amide bonds. The predicted molar refractivity (Wildman–Crippen MR) is 116 cm³/mol. The number of allylic oxidation sites excluding steroid dienone is 1. The van der Waals surface area contributed by atoms with Crippen LogP contribution in [-0.2, 0) is 19.0 Å². The number of epoxide rings is 2. The van der Waals surface area contributed by atoms with Gasteiger partial charge in [-0.3, -0.25) is 4.79 Å². The Hall–Kier alpha value is -1.21. The first-order valence-electron chi connectivity index (χ1n) is 11.6. The summed E-state index contributed by atoms with van der Waals surface area (Å²) in [6.45, 7) is 11.1. The van der Waals surface area contributed by atoms with E-state index < -0.39 is 0 Å². The minimum atomic E-state index is -0.269. The lowest BCUT2D eigenvalue weighted by molar-refractivity contribution is -0.116. The van der Waals surface area contributed by atoms with Crippen LogP contribution in [0.4, 0.5) is 0 Å². The van der Waals surface area contributed by atoms with Crippen molar-refractivity contribution in [3.05, 3.63) is 23.3 Å². The van der Waals surface area contributed by atoms with Gasteiger partial charge in [-0.25, -0.2) is 0 Å². The Morgan fingerprint density at radius 1 is 1.33 bits per heavy atom. The lowest BCUT2D eigenvalue weighted by Crippen LogP contribution is -2.50. The molecule has 6 nitrogen and oxygen atoms in total. The number of rotatable bonds is 8. The van der Waals surface area contributed by atoms with Crippen LogP contribution in [0.2, 0.25) is 0 Å². The SMILES string of the molecule is COC1C(=CC(=O)NCCN2CCCC2)CCC2(CO2)C1C1(C)OC1CC=C(C)C. The predicted octanol–water partition coefficient (Wildman–Crippen LogP) is 2.83. The number of nitrogens with zero attached hydrogens (tertiary/aromatic N) is 1. The standard InChI is InChI=1S/C24H38N2O4/c1-17(2)7-8-19-23(3,30-19)22-21(28-4)18(9-10-24(22)16-29-24)15-20(27)25-11-14-26-12-5-6-13-26/h7,15,19,21-22H,5-6,8-14,16H2,1-4H3,(H,25,27). The van der Waals surface area contributed by atoms with Gasteiger partial charge in [0.05, 0.1) is 24.7 Å². The Bertz CT molecular complexity index is 704. The number of amides is 1. The van der Waals surface area contributed by atoms with E-state index >= 15 is 0 Å². The molecule has 1 spiro atoms. The number of hydrogen-bond acceptors (Lipinski definition) is 5. The van der Waals surface area contributed by atoms with Crippen LogP contribution >= 0.6 is 0 Å². The summed E-state index contributed by atoms with van der Waals surface area (Å²) in [6, 6.07) is 0. The molecule has 6 heteroatoms. The number of nitrogens with one attached hydrogen (secondary N) is 1. The summed E-state index contributed by atoms with van der Waals surface area (Å²) in [5.41, 5.74) is 1.96. The molecule has 0 aromatic rings. The second-order valence-electron chi connectivity index (χ2n) is 9.85. The minimum Gasteiger partial charge on any atom is -0.377 e. The van der Waals surface area contributed by atoms with Crippen LogP contribution in [0, 0.1) is 5.92 Å². The monoisotopic (exact) mass is 418 g/mol. The Balaban J connectivity index is 1.41. The van der Waals surface area contributed by atoms with Crippen LogP contribution in [0.5, 0.6) is 0 Å². The smallest absolute Gasteiger partial charge is 0.244 e. The molecule has 30 heavy (non-hydrogen) atoms. The van der Waals surface area contributed by atoms with Gasteiger partial charge in [-0.15, -0.1) is 0 Å². The van der Waals surface area contributed by atoms with Gasteiger partial charge in [-0.2, -0.15) is 0 Å². The molecule has 4 aliphatic rings. The maximum absolute atomic E-state index is 12.6. The fraction of sp³-hybridized carbons (Fsp3) is 0.792. The van der Waals surface area contributed by atoms with Crippen molar-refractivity contribution in [2.24, 2.45) is 5.92 Å². The minimum absolute atomic E-state index is 0.0133. The molecule has 4 rings (SSSR count). The lowest BCUT2D eigenvalue weighted by Gasteiger charge is -2.40. The molecule has 3 saturated heterocycles. The molecule has 4 fully saturated rings. The van der Waals surface area contributed by atoms with E-state index in [1.165, 1.54) is 18.4 Å². The van der Waals surface area contributed by atoms with Crippen LogP contribution in [0.3, 0.4) is 0 Å². The second kappa shape index (κ2) is 8.73. The number of carbonyl (C=O) groups is 1. The van der Waals surface area contributed by atoms with Crippen molar-refractivity contribution in [3.8, 4) is 0 Å². The van der Waals surface area contributed by atoms with Gasteiger partial charge in [0.2, 0.25) is 5.91 Å². The van der Waals surface area contributed by atoms with Gasteiger partial charge < -0.3 is 24.4 Å². The van der Waals surface area contributed by atoms with E-state index in [9.17, 15) is 4.79 Å². The first kappa shape index (κ1) is 22.0. The highest BCUT2D eigenvalue weighted by Crippen LogP contribution is 2.60. The van der Waals surface area contributed by atoms with Crippen LogP contribution in [0.1, 0.15) is 52.9 Å². The zero-order valence-corrected chi connectivity index (χ0v) is 19.0. The summed E-state index contributed by atoms with van der Waals surface area (Å²) in [5.74, 6) is 0.101. The van der Waals surface area contributed by atoms with E-state index in [-0.39, 0.29) is 35.2 Å². The molecular formula is C24H38N2O4. The van der Waals surface area contributed by atoms with Crippen molar-refractivity contribution in [3.63, 3.8) is 0 Å². The molecule has 5 unspecified atom stereocenters. The Morgan fingerprint density at radius 2 is 2.07 bits per heavy atom. The van der Waals surface area contributed by atoms with E-state index in [0.717, 1.165) is 51.1 Å². The maximum Gasteiger partial charge on any atom is 0.244 e. The molecule has 0 aromatic heterocycles. The largest absolute Gasteiger partial charge is 0.377 e. The van der Waals surface area contributed by atoms with Crippen molar-refractivity contribution >= 4 is 5.91 Å². The number of hydrogen-bond donors (Lipinski definition) is 1.